The fraction of sp³-hybridized carbons (Fsp3) is 0.590. The second kappa shape index (κ2) is 17.2. The molecule has 294 valence electrons. The third-order valence-corrected chi connectivity index (χ3v) is 10.7. The molecule has 0 aliphatic carbocycles. The third kappa shape index (κ3) is 9.42. The van der Waals surface area contributed by atoms with Gasteiger partial charge in [0.15, 0.2) is 0 Å². The molecule has 54 heavy (non-hydrogen) atoms. The molecule has 4 atom stereocenters. The zero-order valence-electron chi connectivity index (χ0n) is 32.9. The van der Waals surface area contributed by atoms with Gasteiger partial charge in [-0.1, -0.05) is 13.8 Å². The lowest BCUT2D eigenvalue weighted by molar-refractivity contribution is -0.150. The van der Waals surface area contributed by atoms with Crippen molar-refractivity contribution in [1.29, 1.82) is 0 Å². The molecule has 5 rings (SSSR count). The average Bonchev–Trinajstić information content (AvgIpc) is 3.74. The molecule has 3 aromatic rings. The number of hydrazine groups is 1. The monoisotopic (exact) mass is 765 g/mol. The van der Waals surface area contributed by atoms with Crippen LogP contribution >= 0.6 is 11.8 Å². The Morgan fingerprint density at radius 3 is 2.57 bits per heavy atom. The number of aryl methyl sites for hydroxylation is 1. The van der Waals surface area contributed by atoms with E-state index in [2.05, 4.69) is 34.4 Å². The zero-order chi connectivity index (χ0) is 39.4. The summed E-state index contributed by atoms with van der Waals surface area (Å²) < 4.78 is 18.4. The summed E-state index contributed by atoms with van der Waals surface area (Å²) in [6.45, 7) is 14.5. The van der Waals surface area contributed by atoms with E-state index in [-0.39, 0.29) is 25.2 Å². The SMILES string of the molecule is CCn1c(-c2cccnc2[C@H](C)OC)c(CC(C)(C)CO)c2nc(C3CSC(C[C@H](NC(=O)OC(C)(C)C)C(=O)N4CCC[C@@H](C(=O)OC)N4)=N3)ccc21. The summed E-state index contributed by atoms with van der Waals surface area (Å²) in [7, 11) is 2.98. The van der Waals surface area contributed by atoms with Gasteiger partial charge in [0.2, 0.25) is 0 Å². The number of esters is 1. The number of carbonyl (C=O) groups excluding carboxylic acids is 3. The van der Waals surface area contributed by atoms with Crippen LogP contribution in [0, 0.1) is 5.41 Å². The molecule has 1 unspecified atom stereocenters. The number of thioether (sulfide) groups is 1. The van der Waals surface area contributed by atoms with Crippen LogP contribution in [-0.2, 0) is 36.8 Å². The highest BCUT2D eigenvalue weighted by Crippen LogP contribution is 2.41. The number of carbonyl (C=O) groups is 3. The Morgan fingerprint density at radius 1 is 1.15 bits per heavy atom. The van der Waals surface area contributed by atoms with E-state index in [1.807, 2.05) is 32.9 Å². The number of aliphatic hydroxyl groups excluding tert-OH is 1. The van der Waals surface area contributed by atoms with Crippen molar-refractivity contribution in [2.45, 2.75) is 111 Å². The largest absolute Gasteiger partial charge is 0.468 e. The maximum Gasteiger partial charge on any atom is 0.408 e. The highest BCUT2D eigenvalue weighted by atomic mass is 32.2. The molecule has 3 aromatic heterocycles. The number of aliphatic hydroxyl groups is 1. The number of ether oxygens (including phenoxy) is 3. The molecule has 5 heterocycles. The standard InChI is InChI=1S/C39H55N7O7S/c1-10-45-30-16-15-26(42-33(30)25(20-39(6,7)22-47)34(45)24-13-11-17-40-32(24)23(2)51-8)29-21-54-31(41-29)19-28(43-37(50)53-38(3,4)5)35(48)46-18-12-14-27(44-46)36(49)52-9/h11,13,15-17,23,27-29,44,47H,10,12,14,18-22H2,1-9H3,(H,43,50)/t23-,27-,28-,29?/m0/s1. The van der Waals surface area contributed by atoms with Crippen LogP contribution in [0.1, 0.15) is 96.8 Å². The van der Waals surface area contributed by atoms with E-state index in [9.17, 15) is 19.5 Å². The fourth-order valence-electron chi connectivity index (χ4n) is 6.84. The van der Waals surface area contributed by atoms with Gasteiger partial charge in [-0.3, -0.25) is 24.6 Å². The molecule has 0 bridgehead atoms. The molecule has 2 amide bonds. The molecule has 0 radical (unpaired) electrons. The van der Waals surface area contributed by atoms with Crippen LogP contribution in [0.5, 0.6) is 0 Å². The van der Waals surface area contributed by atoms with E-state index in [4.69, 9.17) is 29.2 Å². The minimum absolute atomic E-state index is 0.000268. The van der Waals surface area contributed by atoms with Crippen LogP contribution in [0.3, 0.4) is 0 Å². The molecule has 0 saturated carbocycles. The van der Waals surface area contributed by atoms with E-state index in [0.29, 0.717) is 43.1 Å². The summed E-state index contributed by atoms with van der Waals surface area (Å²) in [5.74, 6) is -0.255. The number of fused-ring (bicyclic) bond motifs is 1. The topological polar surface area (TPSA) is 170 Å². The number of aromatic nitrogens is 3. The minimum Gasteiger partial charge on any atom is -0.468 e. The molecule has 14 nitrogen and oxygen atoms in total. The molecule has 15 heteroatoms. The number of amides is 2. The van der Waals surface area contributed by atoms with Crippen LogP contribution < -0.4 is 10.7 Å². The number of methoxy groups -OCH3 is 2. The molecular formula is C39H55N7O7S. The highest BCUT2D eigenvalue weighted by Gasteiger charge is 2.36. The van der Waals surface area contributed by atoms with Gasteiger partial charge in [0.1, 0.15) is 23.7 Å². The van der Waals surface area contributed by atoms with E-state index in [0.717, 1.165) is 39.2 Å². The van der Waals surface area contributed by atoms with Crippen molar-refractivity contribution in [3.8, 4) is 11.3 Å². The summed E-state index contributed by atoms with van der Waals surface area (Å²) in [5.41, 5.74) is 8.19. The molecule has 1 saturated heterocycles. The van der Waals surface area contributed by atoms with Gasteiger partial charge < -0.3 is 29.2 Å². The second-order valence-electron chi connectivity index (χ2n) is 15.6. The fourth-order valence-corrected chi connectivity index (χ4v) is 7.92. The molecule has 3 N–H and O–H groups in total. The predicted octanol–water partition coefficient (Wildman–Crippen LogP) is 5.53. The van der Waals surface area contributed by atoms with Crippen LogP contribution in [0.4, 0.5) is 4.79 Å². The van der Waals surface area contributed by atoms with Crippen molar-refractivity contribution in [3.05, 3.63) is 47.4 Å². The summed E-state index contributed by atoms with van der Waals surface area (Å²) in [6.07, 6.45) is 2.64. The van der Waals surface area contributed by atoms with Crippen molar-refractivity contribution in [2.75, 3.05) is 33.1 Å². The Balaban J connectivity index is 1.50. The number of nitrogens with one attached hydrogen (secondary N) is 2. The van der Waals surface area contributed by atoms with Gasteiger partial charge in [-0.05, 0) is 83.6 Å². The molecule has 2 aliphatic heterocycles. The number of aliphatic imine (C=N–C) groups is 1. The number of hydrogen-bond donors (Lipinski definition) is 3. The van der Waals surface area contributed by atoms with Gasteiger partial charge in [-0.15, -0.1) is 11.8 Å². The Labute approximate surface area is 321 Å². The van der Waals surface area contributed by atoms with Crippen LogP contribution in [0.25, 0.3) is 22.3 Å². The minimum atomic E-state index is -0.999. The molecule has 1 fully saturated rings. The van der Waals surface area contributed by atoms with Crippen LogP contribution in [0.15, 0.2) is 35.5 Å². The normalized spacial score (nSPS) is 19.0. The number of nitrogens with zero attached hydrogens (tertiary/aromatic N) is 5. The lowest BCUT2D eigenvalue weighted by Gasteiger charge is -2.35. The first-order valence-electron chi connectivity index (χ1n) is 18.5. The lowest BCUT2D eigenvalue weighted by Crippen LogP contribution is -2.60. The number of pyridine rings is 2. The van der Waals surface area contributed by atoms with Crippen molar-refractivity contribution in [2.24, 2.45) is 10.4 Å². The number of rotatable bonds is 13. The summed E-state index contributed by atoms with van der Waals surface area (Å²) in [6, 6.07) is 6.13. The quantitative estimate of drug-likeness (QED) is 0.187. The maximum atomic E-state index is 13.9. The van der Waals surface area contributed by atoms with Gasteiger partial charge in [0.25, 0.3) is 5.91 Å². The predicted molar refractivity (Wildman–Crippen MR) is 209 cm³/mol. The van der Waals surface area contributed by atoms with Gasteiger partial charge in [-0.25, -0.2) is 15.2 Å². The van der Waals surface area contributed by atoms with E-state index in [1.54, 1.807) is 34.1 Å². The zero-order valence-corrected chi connectivity index (χ0v) is 33.7. The molecule has 2 aliphatic rings. The Hall–Kier alpha value is -4.05. The summed E-state index contributed by atoms with van der Waals surface area (Å²) in [4.78, 5) is 54.2. The van der Waals surface area contributed by atoms with Gasteiger partial charge in [-0.2, -0.15) is 0 Å². The Bertz CT molecular complexity index is 1870. The van der Waals surface area contributed by atoms with E-state index < -0.39 is 41.1 Å². The first-order valence-corrected chi connectivity index (χ1v) is 19.5. The second-order valence-corrected chi connectivity index (χ2v) is 16.7. The smallest absolute Gasteiger partial charge is 0.408 e. The first-order chi connectivity index (χ1) is 25.6. The van der Waals surface area contributed by atoms with Crippen molar-refractivity contribution in [3.63, 3.8) is 0 Å². The van der Waals surface area contributed by atoms with Crippen LogP contribution in [0.2, 0.25) is 0 Å². The number of hydrogen-bond acceptors (Lipinski definition) is 12. The molecule has 0 aromatic carbocycles. The number of alkyl carbamates (subject to hydrolysis) is 1. The van der Waals surface area contributed by atoms with Gasteiger partial charge in [0, 0.05) is 56.3 Å². The van der Waals surface area contributed by atoms with Crippen molar-refractivity contribution >= 4 is 45.8 Å². The third-order valence-electron chi connectivity index (χ3n) is 9.61. The summed E-state index contributed by atoms with van der Waals surface area (Å²) >= 11 is 1.52. The molecule has 0 spiro atoms. The van der Waals surface area contributed by atoms with E-state index >= 15 is 0 Å². The summed E-state index contributed by atoms with van der Waals surface area (Å²) in [5, 5.41) is 15.2. The van der Waals surface area contributed by atoms with E-state index in [1.165, 1.54) is 23.9 Å². The van der Waals surface area contributed by atoms with Crippen LogP contribution in [-0.4, -0.2) is 98.5 Å². The van der Waals surface area contributed by atoms with Crippen molar-refractivity contribution in [1.82, 2.24) is 30.3 Å². The van der Waals surface area contributed by atoms with Crippen molar-refractivity contribution < 1.29 is 33.7 Å². The molecular weight excluding hydrogens is 711 g/mol. The average molecular weight is 766 g/mol. The van der Waals surface area contributed by atoms with Gasteiger partial charge in [0.05, 0.1) is 46.4 Å². The van der Waals surface area contributed by atoms with Gasteiger partial charge >= 0.3 is 12.1 Å². The first kappa shape index (κ1) is 41.1. The lowest BCUT2D eigenvalue weighted by atomic mass is 9.85. The maximum absolute atomic E-state index is 13.9. The highest BCUT2D eigenvalue weighted by molar-refractivity contribution is 8.14. The Kier molecular flexibility index (Phi) is 13.1. The Morgan fingerprint density at radius 2 is 1.91 bits per heavy atom.